The molecule has 2 N–H and O–H groups in total. The first kappa shape index (κ1) is 17.7. The highest BCUT2D eigenvalue weighted by molar-refractivity contribution is 6.29. The maximum absolute atomic E-state index is 10.9. The Bertz CT molecular complexity index is 198. The van der Waals surface area contributed by atoms with Gasteiger partial charge in [0.05, 0.1) is 6.61 Å². The number of unbranched alkanes of at least 4 members (excludes halogenated alkanes) is 9. The van der Waals surface area contributed by atoms with Gasteiger partial charge >= 0.3 is 5.97 Å². The fourth-order valence-corrected chi connectivity index (χ4v) is 1.90. The molecule has 0 aliphatic rings. The van der Waals surface area contributed by atoms with E-state index >= 15 is 0 Å². The van der Waals surface area contributed by atoms with E-state index in [0.29, 0.717) is 6.61 Å². The third-order valence-electron chi connectivity index (χ3n) is 2.97. The highest BCUT2D eigenvalue weighted by Gasteiger charge is 2.09. The van der Waals surface area contributed by atoms with Crippen LogP contribution in [0.3, 0.4) is 0 Å². The van der Waals surface area contributed by atoms with Gasteiger partial charge in [0.25, 0.3) is 0 Å². The van der Waals surface area contributed by atoms with Gasteiger partial charge in [-0.15, -0.1) is 0 Å². The van der Waals surface area contributed by atoms with Crippen molar-refractivity contribution >= 4 is 17.6 Å². The average Bonchev–Trinajstić information content (AvgIpc) is 2.35. The second-order valence-electron chi connectivity index (χ2n) is 4.75. The van der Waals surface area contributed by atoms with Crippen LogP contribution in [0, 0.1) is 0 Å². The molecule has 0 fully saturated rings. The van der Waals surface area contributed by atoms with E-state index in [4.69, 9.17) is 22.1 Å². The predicted octanol–water partition coefficient (Wildman–Crippen LogP) is 3.97. The van der Waals surface area contributed by atoms with Gasteiger partial charge in [0, 0.05) is 0 Å². The summed E-state index contributed by atoms with van der Waals surface area (Å²) < 4.78 is 4.88. The van der Waals surface area contributed by atoms with Crippen molar-refractivity contribution in [1.29, 1.82) is 0 Å². The Morgan fingerprint density at radius 2 is 1.44 bits per heavy atom. The van der Waals surface area contributed by atoms with Crippen molar-refractivity contribution in [3.05, 3.63) is 0 Å². The molecule has 0 rings (SSSR count). The molecule has 0 aromatic rings. The van der Waals surface area contributed by atoms with Gasteiger partial charge < -0.3 is 10.5 Å². The number of carbonyl (C=O) groups excluding carboxylic acids is 1. The van der Waals surface area contributed by atoms with E-state index in [2.05, 4.69) is 6.92 Å². The first-order chi connectivity index (χ1) is 8.68. The van der Waals surface area contributed by atoms with Crippen LogP contribution in [0.5, 0.6) is 0 Å². The second kappa shape index (κ2) is 13.2. The molecule has 0 radical (unpaired) electrons. The van der Waals surface area contributed by atoms with Crippen LogP contribution in [0.4, 0.5) is 0 Å². The third kappa shape index (κ3) is 12.2. The lowest BCUT2D eigenvalue weighted by molar-refractivity contribution is -0.143. The molecule has 0 aromatic carbocycles. The normalized spacial score (nSPS) is 12.4. The summed E-state index contributed by atoms with van der Waals surface area (Å²) in [6, 6.07) is 0. The molecule has 0 bridgehead atoms. The number of ether oxygens (including phenoxy) is 1. The summed E-state index contributed by atoms with van der Waals surface area (Å²) >= 11 is 5.36. The number of alkyl halides is 1. The van der Waals surface area contributed by atoms with Crippen LogP contribution in [-0.2, 0) is 9.53 Å². The number of esters is 1. The number of hydrogen-bond donors (Lipinski definition) is 1. The zero-order valence-electron chi connectivity index (χ0n) is 11.6. The number of nitrogens with two attached hydrogens (primary N) is 1. The summed E-state index contributed by atoms with van der Waals surface area (Å²) in [7, 11) is 0. The summed E-state index contributed by atoms with van der Waals surface area (Å²) in [5.74, 6) is -0.521. The zero-order valence-corrected chi connectivity index (χ0v) is 12.4. The van der Waals surface area contributed by atoms with Crippen LogP contribution >= 0.6 is 11.6 Å². The fourth-order valence-electron chi connectivity index (χ4n) is 1.84. The van der Waals surface area contributed by atoms with Crippen LogP contribution in [0.25, 0.3) is 0 Å². The number of halogens is 1. The molecule has 0 saturated carbocycles. The minimum atomic E-state index is -1.02. The van der Waals surface area contributed by atoms with Gasteiger partial charge in [-0.2, -0.15) is 0 Å². The Morgan fingerprint density at radius 3 is 1.89 bits per heavy atom. The molecule has 0 aromatic heterocycles. The molecule has 0 aliphatic heterocycles. The second-order valence-corrected chi connectivity index (χ2v) is 5.22. The molecule has 1 unspecified atom stereocenters. The van der Waals surface area contributed by atoms with Crippen LogP contribution in [0.2, 0.25) is 0 Å². The van der Waals surface area contributed by atoms with Crippen molar-refractivity contribution in [1.82, 2.24) is 0 Å². The molecule has 0 aliphatic carbocycles. The highest BCUT2D eigenvalue weighted by atomic mass is 35.5. The quantitative estimate of drug-likeness (QED) is 0.254. The van der Waals surface area contributed by atoms with E-state index in [9.17, 15) is 4.79 Å². The van der Waals surface area contributed by atoms with Crippen LogP contribution in [-0.4, -0.2) is 18.1 Å². The average molecular weight is 278 g/mol. The number of rotatable bonds is 12. The number of hydrogen-bond acceptors (Lipinski definition) is 3. The Hall–Kier alpha value is -0.280. The van der Waals surface area contributed by atoms with Crippen molar-refractivity contribution in [2.45, 2.75) is 76.6 Å². The van der Waals surface area contributed by atoms with Crippen molar-refractivity contribution in [3.63, 3.8) is 0 Å². The van der Waals surface area contributed by atoms with Crippen LogP contribution in [0.1, 0.15) is 71.1 Å². The zero-order chi connectivity index (χ0) is 13.6. The topological polar surface area (TPSA) is 52.3 Å². The summed E-state index contributed by atoms with van der Waals surface area (Å²) in [4.78, 5) is 10.9. The highest BCUT2D eigenvalue weighted by Crippen LogP contribution is 2.10. The molecule has 18 heavy (non-hydrogen) atoms. The Morgan fingerprint density at radius 1 is 1.00 bits per heavy atom. The first-order valence-electron chi connectivity index (χ1n) is 7.24. The monoisotopic (exact) mass is 277 g/mol. The van der Waals surface area contributed by atoms with Gasteiger partial charge in [-0.25, -0.2) is 4.79 Å². The van der Waals surface area contributed by atoms with Gasteiger partial charge in [-0.1, -0.05) is 76.3 Å². The van der Waals surface area contributed by atoms with Crippen molar-refractivity contribution in [3.8, 4) is 0 Å². The third-order valence-corrected chi connectivity index (χ3v) is 3.15. The van der Waals surface area contributed by atoms with E-state index in [1.54, 1.807) is 0 Å². The van der Waals surface area contributed by atoms with Gasteiger partial charge in [0.1, 0.15) is 0 Å². The Balaban J connectivity index is 3.05. The van der Waals surface area contributed by atoms with E-state index in [0.717, 1.165) is 12.8 Å². The lowest BCUT2D eigenvalue weighted by Gasteiger charge is -2.05. The van der Waals surface area contributed by atoms with Crippen molar-refractivity contribution in [2.75, 3.05) is 6.61 Å². The minimum absolute atomic E-state index is 0.440. The summed E-state index contributed by atoms with van der Waals surface area (Å²) in [5.41, 5.74) is 4.14. The van der Waals surface area contributed by atoms with Gasteiger partial charge in [-0.05, 0) is 6.42 Å². The van der Waals surface area contributed by atoms with E-state index < -0.39 is 11.5 Å². The molecular weight excluding hydrogens is 250 g/mol. The van der Waals surface area contributed by atoms with E-state index in [1.165, 1.54) is 51.4 Å². The number of carbonyl (C=O) groups is 1. The smallest absolute Gasteiger partial charge is 0.338 e. The Kier molecular flexibility index (Phi) is 13.0. The maximum atomic E-state index is 10.9. The molecule has 0 saturated heterocycles. The first-order valence-corrected chi connectivity index (χ1v) is 7.68. The van der Waals surface area contributed by atoms with Crippen molar-refractivity contribution in [2.24, 2.45) is 5.73 Å². The molecule has 0 spiro atoms. The van der Waals surface area contributed by atoms with Gasteiger partial charge in [0.15, 0.2) is 5.50 Å². The molecule has 0 amide bonds. The Labute approximate surface area is 116 Å². The summed E-state index contributed by atoms with van der Waals surface area (Å²) in [6.45, 7) is 2.68. The van der Waals surface area contributed by atoms with E-state index in [-0.39, 0.29) is 0 Å². The minimum Gasteiger partial charge on any atom is -0.464 e. The molecule has 108 valence electrons. The van der Waals surface area contributed by atoms with Crippen LogP contribution < -0.4 is 5.73 Å². The molecule has 3 nitrogen and oxygen atoms in total. The van der Waals surface area contributed by atoms with Gasteiger partial charge in [0.2, 0.25) is 0 Å². The van der Waals surface area contributed by atoms with Crippen LogP contribution in [0.15, 0.2) is 0 Å². The standard InChI is InChI=1S/C14H28ClNO2/c1-2-3-4-5-6-7-8-9-10-11-12-18-14(17)13(15)16/h13H,2-12,16H2,1H3. The largest absolute Gasteiger partial charge is 0.464 e. The maximum Gasteiger partial charge on any atom is 0.338 e. The van der Waals surface area contributed by atoms with Gasteiger partial charge in [-0.3, -0.25) is 0 Å². The molecule has 4 heteroatoms. The summed E-state index contributed by atoms with van der Waals surface area (Å²) in [5, 5.41) is 0. The van der Waals surface area contributed by atoms with Crippen molar-refractivity contribution < 1.29 is 9.53 Å². The fraction of sp³-hybridized carbons (Fsp3) is 0.929. The predicted molar refractivity (Wildman–Crippen MR) is 76.6 cm³/mol. The lowest BCUT2D eigenvalue weighted by atomic mass is 10.1. The van der Waals surface area contributed by atoms with E-state index in [1.807, 2.05) is 0 Å². The molecule has 1 atom stereocenters. The lowest BCUT2D eigenvalue weighted by Crippen LogP contribution is -2.26. The molecule has 0 heterocycles. The SMILES string of the molecule is CCCCCCCCCCCCOC(=O)C(N)Cl. The molecular formula is C14H28ClNO2. The summed E-state index contributed by atoms with van der Waals surface area (Å²) in [6.07, 6.45) is 12.6.